The first-order valence-corrected chi connectivity index (χ1v) is 15.8. The zero-order chi connectivity index (χ0) is 30.3. The summed E-state index contributed by atoms with van der Waals surface area (Å²) in [6, 6.07) is 16.7. The molecule has 1 atom stereocenters. The van der Waals surface area contributed by atoms with Crippen LogP contribution in [0, 0.1) is 12.8 Å². The fourth-order valence-electron chi connectivity index (χ4n) is 4.19. The number of amides is 2. The largest absolute Gasteiger partial charge is 0.354 e. The van der Waals surface area contributed by atoms with E-state index < -0.39 is 28.5 Å². The van der Waals surface area contributed by atoms with Gasteiger partial charge in [0.05, 0.1) is 10.6 Å². The second kappa shape index (κ2) is 14.4. The zero-order valence-corrected chi connectivity index (χ0v) is 26.5. The second-order valence-corrected chi connectivity index (χ2v) is 13.2. The summed E-state index contributed by atoms with van der Waals surface area (Å²) in [5, 5.41) is 3.84. The summed E-state index contributed by atoms with van der Waals surface area (Å²) in [7, 11) is -4.21. The third kappa shape index (κ3) is 8.38. The molecule has 0 unspecified atom stereocenters. The van der Waals surface area contributed by atoms with Gasteiger partial charge in [0, 0.05) is 33.7 Å². The number of nitrogens with zero attached hydrogens (tertiary/aromatic N) is 2. The van der Waals surface area contributed by atoms with E-state index in [-0.39, 0.29) is 35.4 Å². The van der Waals surface area contributed by atoms with Crippen molar-refractivity contribution in [1.82, 2.24) is 10.2 Å². The van der Waals surface area contributed by atoms with E-state index in [1.165, 1.54) is 23.1 Å². The van der Waals surface area contributed by atoms with E-state index in [4.69, 9.17) is 34.8 Å². The molecule has 0 bridgehead atoms. The van der Waals surface area contributed by atoms with Gasteiger partial charge in [0.2, 0.25) is 11.8 Å². The van der Waals surface area contributed by atoms with Crippen LogP contribution in [0.4, 0.5) is 5.69 Å². The van der Waals surface area contributed by atoms with Gasteiger partial charge in [-0.1, -0.05) is 85.4 Å². The van der Waals surface area contributed by atoms with Crippen LogP contribution in [-0.2, 0) is 26.2 Å². The third-order valence-electron chi connectivity index (χ3n) is 6.44. The average Bonchev–Trinajstić information content (AvgIpc) is 2.92. The Morgan fingerprint density at radius 1 is 0.927 bits per heavy atom. The van der Waals surface area contributed by atoms with Crippen LogP contribution in [0.3, 0.4) is 0 Å². The Kier molecular flexibility index (Phi) is 11.5. The van der Waals surface area contributed by atoms with Gasteiger partial charge in [-0.25, -0.2) is 8.42 Å². The first kappa shape index (κ1) is 32.7. The Morgan fingerprint density at radius 3 is 2.10 bits per heavy atom. The number of anilines is 1. The molecule has 7 nitrogen and oxygen atoms in total. The van der Waals surface area contributed by atoms with Gasteiger partial charge in [0.15, 0.2) is 0 Å². The van der Waals surface area contributed by atoms with E-state index in [9.17, 15) is 18.0 Å². The average molecular weight is 639 g/mol. The summed E-state index contributed by atoms with van der Waals surface area (Å²) < 4.78 is 28.8. The smallest absolute Gasteiger partial charge is 0.264 e. The van der Waals surface area contributed by atoms with Crippen LogP contribution in [0.5, 0.6) is 0 Å². The molecule has 41 heavy (non-hydrogen) atoms. The van der Waals surface area contributed by atoms with E-state index in [1.807, 2.05) is 20.8 Å². The molecule has 0 fully saturated rings. The molecule has 0 aliphatic rings. The lowest BCUT2D eigenvalue weighted by Crippen LogP contribution is -2.52. The van der Waals surface area contributed by atoms with Crippen molar-refractivity contribution in [3.8, 4) is 0 Å². The number of hydrogen-bond acceptors (Lipinski definition) is 4. The topological polar surface area (TPSA) is 86.8 Å². The Hall–Kier alpha value is -2.78. The predicted octanol–water partition coefficient (Wildman–Crippen LogP) is 6.73. The van der Waals surface area contributed by atoms with Crippen LogP contribution >= 0.6 is 34.8 Å². The van der Waals surface area contributed by atoms with Gasteiger partial charge >= 0.3 is 0 Å². The number of hydrogen-bond donors (Lipinski definition) is 1. The number of carbonyl (C=O) groups excluding carboxylic acids is 2. The van der Waals surface area contributed by atoms with E-state index >= 15 is 0 Å². The minimum absolute atomic E-state index is 0.0123. The van der Waals surface area contributed by atoms with Crippen molar-refractivity contribution in [2.24, 2.45) is 5.92 Å². The molecule has 3 aromatic rings. The quantitative estimate of drug-likeness (QED) is 0.238. The highest BCUT2D eigenvalue weighted by atomic mass is 35.5. The van der Waals surface area contributed by atoms with Crippen molar-refractivity contribution in [2.45, 2.75) is 51.6 Å². The van der Waals surface area contributed by atoms with E-state index in [2.05, 4.69) is 5.32 Å². The molecule has 2 amide bonds. The Morgan fingerprint density at radius 2 is 1.54 bits per heavy atom. The summed E-state index contributed by atoms with van der Waals surface area (Å²) in [4.78, 5) is 28.8. The van der Waals surface area contributed by atoms with Crippen molar-refractivity contribution in [3.05, 3.63) is 92.9 Å². The highest BCUT2D eigenvalue weighted by Gasteiger charge is 2.34. The SMILES string of the molecule is CC[C@H](C(=O)NCC(C)C)N(Cc1c(Cl)cccc1Cl)C(=O)CN(c1cccc(Cl)c1)S(=O)(=O)c1ccc(C)cc1. The van der Waals surface area contributed by atoms with Crippen LogP contribution in [0.15, 0.2) is 71.6 Å². The molecule has 11 heteroatoms. The molecule has 0 spiro atoms. The normalized spacial score (nSPS) is 12.2. The van der Waals surface area contributed by atoms with Gasteiger partial charge in [-0.05, 0) is 61.7 Å². The molecule has 0 aliphatic heterocycles. The fraction of sp³-hybridized carbons (Fsp3) is 0.333. The lowest BCUT2D eigenvalue weighted by atomic mass is 10.1. The lowest BCUT2D eigenvalue weighted by Gasteiger charge is -2.33. The maximum absolute atomic E-state index is 14.1. The minimum Gasteiger partial charge on any atom is -0.354 e. The molecule has 0 saturated heterocycles. The molecule has 0 aromatic heterocycles. The predicted molar refractivity (Wildman–Crippen MR) is 166 cm³/mol. The number of benzene rings is 3. The fourth-order valence-corrected chi connectivity index (χ4v) is 6.30. The number of carbonyl (C=O) groups is 2. The van der Waals surface area contributed by atoms with Crippen LogP contribution in [0.25, 0.3) is 0 Å². The van der Waals surface area contributed by atoms with Gasteiger partial charge in [-0.3, -0.25) is 13.9 Å². The number of sulfonamides is 1. The minimum atomic E-state index is -4.21. The van der Waals surface area contributed by atoms with Gasteiger partial charge in [-0.15, -0.1) is 0 Å². The van der Waals surface area contributed by atoms with Gasteiger partial charge in [-0.2, -0.15) is 0 Å². The molecule has 0 aliphatic carbocycles. The highest BCUT2D eigenvalue weighted by Crippen LogP contribution is 2.29. The van der Waals surface area contributed by atoms with E-state index in [0.717, 1.165) is 9.87 Å². The first-order chi connectivity index (χ1) is 19.3. The summed E-state index contributed by atoms with van der Waals surface area (Å²) in [6.45, 7) is 7.29. The second-order valence-electron chi connectivity index (χ2n) is 10.1. The zero-order valence-electron chi connectivity index (χ0n) is 23.4. The first-order valence-electron chi connectivity index (χ1n) is 13.2. The molecule has 3 aromatic carbocycles. The molecular formula is C30H34Cl3N3O4S. The van der Waals surface area contributed by atoms with Gasteiger partial charge in [0.1, 0.15) is 12.6 Å². The summed E-state index contributed by atoms with van der Waals surface area (Å²) >= 11 is 19.1. The van der Waals surface area contributed by atoms with E-state index in [1.54, 1.807) is 55.5 Å². The number of aryl methyl sites for hydroxylation is 1. The molecule has 0 saturated carbocycles. The van der Waals surface area contributed by atoms with Crippen LogP contribution in [0.1, 0.15) is 38.3 Å². The molecule has 0 radical (unpaired) electrons. The van der Waals surface area contributed by atoms with Crippen molar-refractivity contribution in [3.63, 3.8) is 0 Å². The molecule has 3 rings (SSSR count). The highest BCUT2D eigenvalue weighted by molar-refractivity contribution is 7.92. The van der Waals surface area contributed by atoms with Crippen molar-refractivity contribution in [1.29, 1.82) is 0 Å². The Balaban J connectivity index is 2.09. The van der Waals surface area contributed by atoms with Crippen molar-refractivity contribution in [2.75, 3.05) is 17.4 Å². The lowest BCUT2D eigenvalue weighted by molar-refractivity contribution is -0.140. The summed E-state index contributed by atoms with van der Waals surface area (Å²) in [5.41, 5.74) is 1.55. The number of halogens is 3. The molecule has 0 heterocycles. The molecular weight excluding hydrogens is 605 g/mol. The monoisotopic (exact) mass is 637 g/mol. The Bertz CT molecular complexity index is 1460. The van der Waals surface area contributed by atoms with Crippen LogP contribution in [0.2, 0.25) is 15.1 Å². The van der Waals surface area contributed by atoms with Gasteiger partial charge < -0.3 is 10.2 Å². The summed E-state index contributed by atoms with van der Waals surface area (Å²) in [6.07, 6.45) is 0.277. The molecule has 220 valence electrons. The third-order valence-corrected chi connectivity index (χ3v) is 9.18. The Labute approximate surface area is 257 Å². The molecule has 1 N–H and O–H groups in total. The van der Waals surface area contributed by atoms with Crippen LogP contribution < -0.4 is 9.62 Å². The van der Waals surface area contributed by atoms with Crippen molar-refractivity contribution >= 4 is 62.3 Å². The standard InChI is InChI=1S/C30H34Cl3N3O4S/c1-5-28(30(38)34-17-20(2)3)35(18-25-26(32)10-7-11-27(25)33)29(37)19-36(23-9-6-8-22(31)16-23)41(39,40)24-14-12-21(4)13-15-24/h6-16,20,28H,5,17-19H2,1-4H3,(H,34,38)/t28-/m1/s1. The maximum Gasteiger partial charge on any atom is 0.264 e. The van der Waals surface area contributed by atoms with E-state index in [0.29, 0.717) is 27.2 Å². The van der Waals surface area contributed by atoms with Gasteiger partial charge in [0.25, 0.3) is 10.0 Å². The maximum atomic E-state index is 14.1. The number of rotatable bonds is 12. The summed E-state index contributed by atoms with van der Waals surface area (Å²) in [5.74, 6) is -0.770. The van der Waals surface area contributed by atoms with Crippen LogP contribution in [-0.4, -0.2) is 44.3 Å². The number of nitrogens with one attached hydrogen (secondary N) is 1. The van der Waals surface area contributed by atoms with Crippen molar-refractivity contribution < 1.29 is 18.0 Å².